The van der Waals surface area contributed by atoms with E-state index in [0.717, 1.165) is 19.4 Å². The number of carbonyl (C=O) groups is 1. The van der Waals surface area contributed by atoms with Crippen molar-refractivity contribution in [3.63, 3.8) is 0 Å². The molecular formula is C17H19N3O. The van der Waals surface area contributed by atoms with Crippen molar-refractivity contribution in [1.82, 2.24) is 15.6 Å². The molecule has 0 aliphatic carbocycles. The van der Waals surface area contributed by atoms with Crippen molar-refractivity contribution in [2.45, 2.75) is 25.4 Å². The topological polar surface area (TPSA) is 54.0 Å². The van der Waals surface area contributed by atoms with Crippen LogP contribution in [0.1, 0.15) is 16.7 Å². The normalized spacial score (nSPS) is 17.0. The number of pyridine rings is 1. The minimum atomic E-state index is -0.127. The van der Waals surface area contributed by atoms with Crippen molar-refractivity contribution in [1.29, 1.82) is 0 Å². The molecule has 0 radical (unpaired) electrons. The van der Waals surface area contributed by atoms with Crippen molar-refractivity contribution in [3.8, 4) is 0 Å². The maximum absolute atomic E-state index is 12.2. The Bertz CT molecular complexity index is 612. The van der Waals surface area contributed by atoms with Gasteiger partial charge in [-0.25, -0.2) is 0 Å². The zero-order chi connectivity index (χ0) is 14.5. The summed E-state index contributed by atoms with van der Waals surface area (Å²) in [6.45, 7) is 1.42. The maximum atomic E-state index is 12.2. The molecule has 3 rings (SSSR count). The highest BCUT2D eigenvalue weighted by atomic mass is 16.2. The van der Waals surface area contributed by atoms with E-state index in [2.05, 4.69) is 27.8 Å². The molecule has 1 aromatic heterocycles. The highest BCUT2D eigenvalue weighted by molar-refractivity contribution is 5.82. The van der Waals surface area contributed by atoms with E-state index in [9.17, 15) is 4.79 Å². The lowest BCUT2D eigenvalue weighted by molar-refractivity contribution is -0.123. The number of hydrogen-bond donors (Lipinski definition) is 2. The quantitative estimate of drug-likeness (QED) is 0.892. The zero-order valence-corrected chi connectivity index (χ0v) is 11.9. The Labute approximate surface area is 124 Å². The van der Waals surface area contributed by atoms with Crippen LogP contribution in [0, 0.1) is 0 Å². The number of nitrogens with one attached hydrogen (secondary N) is 2. The summed E-state index contributed by atoms with van der Waals surface area (Å²) in [7, 11) is 0. The summed E-state index contributed by atoms with van der Waals surface area (Å²) in [4.78, 5) is 16.2. The first-order chi connectivity index (χ1) is 10.3. The Hall–Kier alpha value is -2.20. The number of hydrogen-bond acceptors (Lipinski definition) is 3. The molecule has 1 aliphatic heterocycles. The lowest BCUT2D eigenvalue weighted by atomic mass is 9.95. The number of carbonyl (C=O) groups excluding carboxylic acids is 1. The van der Waals surface area contributed by atoms with Crippen molar-refractivity contribution < 1.29 is 4.79 Å². The zero-order valence-electron chi connectivity index (χ0n) is 11.9. The summed E-state index contributed by atoms with van der Waals surface area (Å²) in [6, 6.07) is 12.1. The highest BCUT2D eigenvalue weighted by Gasteiger charge is 2.23. The first-order valence-electron chi connectivity index (χ1n) is 7.30. The van der Waals surface area contributed by atoms with Crippen LogP contribution in [0.25, 0.3) is 0 Å². The van der Waals surface area contributed by atoms with Gasteiger partial charge in [0.05, 0.1) is 6.04 Å². The Kier molecular flexibility index (Phi) is 4.26. The fourth-order valence-corrected chi connectivity index (χ4v) is 2.64. The van der Waals surface area contributed by atoms with Gasteiger partial charge in [-0.3, -0.25) is 9.78 Å². The Balaban J connectivity index is 1.50. The number of aromatic nitrogens is 1. The number of rotatable bonds is 4. The van der Waals surface area contributed by atoms with Gasteiger partial charge in [-0.2, -0.15) is 0 Å². The first kappa shape index (κ1) is 13.8. The molecule has 4 nitrogen and oxygen atoms in total. The second-order valence-corrected chi connectivity index (χ2v) is 5.30. The van der Waals surface area contributed by atoms with Gasteiger partial charge in [-0.05, 0) is 41.7 Å². The third-order valence-electron chi connectivity index (χ3n) is 3.86. The van der Waals surface area contributed by atoms with Gasteiger partial charge in [0.1, 0.15) is 0 Å². The fourth-order valence-electron chi connectivity index (χ4n) is 2.64. The molecule has 2 aromatic rings. The van der Waals surface area contributed by atoms with Gasteiger partial charge in [-0.1, -0.05) is 24.3 Å². The van der Waals surface area contributed by atoms with Crippen LogP contribution in [0.5, 0.6) is 0 Å². The van der Waals surface area contributed by atoms with Crippen LogP contribution in [0.15, 0.2) is 48.8 Å². The van der Waals surface area contributed by atoms with E-state index in [-0.39, 0.29) is 11.9 Å². The summed E-state index contributed by atoms with van der Waals surface area (Å²) in [5.41, 5.74) is 3.75. The van der Waals surface area contributed by atoms with Crippen molar-refractivity contribution >= 4 is 5.91 Å². The average molecular weight is 281 g/mol. The number of benzene rings is 1. The molecule has 0 fully saturated rings. The molecule has 0 spiro atoms. The van der Waals surface area contributed by atoms with Crippen LogP contribution in [0.2, 0.25) is 0 Å². The smallest absolute Gasteiger partial charge is 0.237 e. The summed E-state index contributed by atoms with van der Waals surface area (Å²) >= 11 is 0. The van der Waals surface area contributed by atoms with Crippen molar-refractivity contribution in [2.75, 3.05) is 6.54 Å². The van der Waals surface area contributed by atoms with Crippen molar-refractivity contribution in [3.05, 3.63) is 65.5 Å². The van der Waals surface area contributed by atoms with Gasteiger partial charge >= 0.3 is 0 Å². The summed E-state index contributed by atoms with van der Waals surface area (Å²) < 4.78 is 0. The lowest BCUT2D eigenvalue weighted by Crippen LogP contribution is -2.48. The van der Waals surface area contributed by atoms with Crippen LogP contribution in [-0.2, 0) is 24.2 Å². The number of nitrogens with zero attached hydrogens (tertiary/aromatic N) is 1. The van der Waals surface area contributed by atoms with Gasteiger partial charge < -0.3 is 10.6 Å². The van der Waals surface area contributed by atoms with Gasteiger partial charge in [-0.15, -0.1) is 0 Å². The molecule has 2 heterocycles. The predicted octanol–water partition coefficient (Wildman–Crippen LogP) is 1.45. The Morgan fingerprint density at radius 2 is 1.95 bits per heavy atom. The molecule has 1 atom stereocenters. The fraction of sp³-hybridized carbons (Fsp3) is 0.294. The molecule has 1 aliphatic rings. The minimum Gasteiger partial charge on any atom is -0.354 e. The molecule has 21 heavy (non-hydrogen) atoms. The number of amides is 1. The number of fused-ring (bicyclic) bond motifs is 1. The minimum absolute atomic E-state index is 0.0820. The largest absolute Gasteiger partial charge is 0.354 e. The van der Waals surface area contributed by atoms with E-state index in [4.69, 9.17) is 0 Å². The van der Waals surface area contributed by atoms with E-state index in [0.29, 0.717) is 6.54 Å². The average Bonchev–Trinajstić information content (AvgIpc) is 2.55. The molecule has 1 aromatic carbocycles. The van der Waals surface area contributed by atoms with E-state index in [1.54, 1.807) is 12.4 Å². The van der Waals surface area contributed by atoms with Gasteiger partial charge in [0.25, 0.3) is 0 Å². The highest BCUT2D eigenvalue weighted by Crippen LogP contribution is 2.16. The van der Waals surface area contributed by atoms with E-state index < -0.39 is 0 Å². The first-order valence-corrected chi connectivity index (χ1v) is 7.30. The van der Waals surface area contributed by atoms with Gasteiger partial charge in [0, 0.05) is 25.5 Å². The van der Waals surface area contributed by atoms with Crippen LogP contribution >= 0.6 is 0 Å². The van der Waals surface area contributed by atoms with Crippen LogP contribution in [0.4, 0.5) is 0 Å². The predicted molar refractivity (Wildman–Crippen MR) is 81.7 cm³/mol. The molecule has 108 valence electrons. The molecule has 0 saturated carbocycles. The monoisotopic (exact) mass is 281 g/mol. The molecule has 4 heteroatoms. The molecule has 1 amide bonds. The summed E-state index contributed by atoms with van der Waals surface area (Å²) in [6.07, 6.45) is 5.14. The third-order valence-corrected chi connectivity index (χ3v) is 3.86. The summed E-state index contributed by atoms with van der Waals surface area (Å²) in [5.74, 6) is 0.0820. The lowest BCUT2D eigenvalue weighted by Gasteiger charge is -2.25. The van der Waals surface area contributed by atoms with Crippen LogP contribution < -0.4 is 10.6 Å². The Morgan fingerprint density at radius 3 is 2.76 bits per heavy atom. The molecule has 0 saturated heterocycles. The molecule has 1 unspecified atom stereocenters. The van der Waals surface area contributed by atoms with E-state index in [1.807, 2.05) is 24.3 Å². The van der Waals surface area contributed by atoms with Gasteiger partial charge in [0.2, 0.25) is 5.91 Å². The van der Waals surface area contributed by atoms with Gasteiger partial charge in [0.15, 0.2) is 0 Å². The summed E-state index contributed by atoms with van der Waals surface area (Å²) in [5, 5.41) is 6.31. The van der Waals surface area contributed by atoms with E-state index in [1.165, 1.54) is 16.7 Å². The van der Waals surface area contributed by atoms with Crippen LogP contribution in [0.3, 0.4) is 0 Å². The molecular weight excluding hydrogens is 262 g/mol. The Morgan fingerprint density at radius 1 is 1.19 bits per heavy atom. The maximum Gasteiger partial charge on any atom is 0.237 e. The third kappa shape index (κ3) is 3.47. The van der Waals surface area contributed by atoms with E-state index >= 15 is 0 Å². The molecule has 2 N–H and O–H groups in total. The molecule has 0 bridgehead atoms. The van der Waals surface area contributed by atoms with Crippen molar-refractivity contribution in [2.24, 2.45) is 0 Å². The van der Waals surface area contributed by atoms with Crippen LogP contribution in [-0.4, -0.2) is 23.5 Å². The SMILES string of the molecule is O=C(NCCc1ccncc1)C1Cc2ccccc2CN1. The second-order valence-electron chi connectivity index (χ2n) is 5.30. The second kappa shape index (κ2) is 6.50. The standard InChI is InChI=1S/C17H19N3O/c21-17(19-10-7-13-5-8-18-9-6-13)16-11-14-3-1-2-4-15(14)12-20-16/h1-6,8-9,16,20H,7,10-12H2,(H,19,21).